The number of benzene rings is 2. The number of carbonyl (C=O) groups is 2. The molecule has 1 heterocycles. The zero-order valence-corrected chi connectivity index (χ0v) is 20.3. The molecule has 0 aliphatic rings. The molecule has 0 bridgehead atoms. The van der Waals surface area contributed by atoms with E-state index in [1.165, 1.54) is 18.2 Å². The van der Waals surface area contributed by atoms with Crippen LogP contribution in [0.25, 0.3) is 17.0 Å². The quantitative estimate of drug-likeness (QED) is 0.355. The van der Waals surface area contributed by atoms with Crippen molar-refractivity contribution >= 4 is 28.8 Å². The maximum Gasteiger partial charge on any atom is 0.270 e. The summed E-state index contributed by atoms with van der Waals surface area (Å²) in [5.74, 6) is -1.51. The lowest BCUT2D eigenvalue weighted by molar-refractivity contribution is -0.127. The minimum Gasteiger partial charge on any atom is -0.347 e. The van der Waals surface area contributed by atoms with E-state index in [0.29, 0.717) is 13.1 Å². The standard InChI is InChI=1S/C28H34FN3O2/c1-4-7-17-32(18-8-5-2)28(34)25(30-27(33)23-14-9-11-15-24(23)29)19-21-20-31(6-3)26-16-12-10-13-22(21)26/h9-16,19-20H,4-8,17-18H2,1-3H3,(H,30,33). The molecule has 0 fully saturated rings. The zero-order chi connectivity index (χ0) is 24.5. The Hall–Kier alpha value is -3.41. The molecule has 1 N–H and O–H groups in total. The summed E-state index contributed by atoms with van der Waals surface area (Å²) in [6.45, 7) is 8.22. The van der Waals surface area contributed by atoms with Gasteiger partial charge in [0.15, 0.2) is 0 Å². The molecule has 0 unspecified atom stereocenters. The first-order valence-electron chi connectivity index (χ1n) is 12.1. The molecule has 0 aliphatic carbocycles. The summed E-state index contributed by atoms with van der Waals surface area (Å²) >= 11 is 0. The first-order valence-corrected chi connectivity index (χ1v) is 12.1. The van der Waals surface area contributed by atoms with E-state index in [1.54, 1.807) is 17.0 Å². The predicted molar refractivity (Wildman–Crippen MR) is 136 cm³/mol. The Kier molecular flexibility index (Phi) is 9.02. The molecular weight excluding hydrogens is 429 g/mol. The number of unbranched alkanes of at least 4 members (excludes halogenated alkanes) is 2. The van der Waals surface area contributed by atoms with Crippen LogP contribution >= 0.6 is 0 Å². The number of fused-ring (bicyclic) bond motifs is 1. The number of hydrogen-bond donors (Lipinski definition) is 1. The highest BCUT2D eigenvalue weighted by molar-refractivity contribution is 6.06. The van der Waals surface area contributed by atoms with Crippen LogP contribution in [0.4, 0.5) is 4.39 Å². The number of halogens is 1. The minimum atomic E-state index is -0.636. The van der Waals surface area contributed by atoms with Gasteiger partial charge in [0.2, 0.25) is 0 Å². The Labute approximate surface area is 201 Å². The van der Waals surface area contributed by atoms with Crippen molar-refractivity contribution in [2.75, 3.05) is 13.1 Å². The zero-order valence-electron chi connectivity index (χ0n) is 20.3. The third-order valence-electron chi connectivity index (χ3n) is 5.91. The van der Waals surface area contributed by atoms with Gasteiger partial charge in [-0.1, -0.05) is 57.0 Å². The van der Waals surface area contributed by atoms with Gasteiger partial charge in [-0.05, 0) is 44.0 Å². The van der Waals surface area contributed by atoms with Gasteiger partial charge in [0.05, 0.1) is 5.56 Å². The maximum atomic E-state index is 14.3. The van der Waals surface area contributed by atoms with Crippen molar-refractivity contribution in [3.63, 3.8) is 0 Å². The fourth-order valence-electron chi connectivity index (χ4n) is 3.98. The highest BCUT2D eigenvalue weighted by Crippen LogP contribution is 2.24. The molecule has 0 saturated carbocycles. The second-order valence-corrected chi connectivity index (χ2v) is 8.38. The summed E-state index contributed by atoms with van der Waals surface area (Å²) in [5.41, 5.74) is 1.95. The number of nitrogens with one attached hydrogen (secondary N) is 1. The molecule has 3 aromatic rings. The first kappa shape index (κ1) is 25.2. The minimum absolute atomic E-state index is 0.0918. The number of hydrogen-bond acceptors (Lipinski definition) is 2. The van der Waals surface area contributed by atoms with Gasteiger partial charge in [-0.25, -0.2) is 4.39 Å². The maximum absolute atomic E-state index is 14.3. The molecule has 0 radical (unpaired) electrons. The van der Waals surface area contributed by atoms with Crippen LogP contribution in [0.3, 0.4) is 0 Å². The summed E-state index contributed by atoms with van der Waals surface area (Å²) in [6, 6.07) is 13.8. The lowest BCUT2D eigenvalue weighted by Gasteiger charge is -2.24. The van der Waals surface area contributed by atoms with Crippen molar-refractivity contribution in [3.8, 4) is 0 Å². The van der Waals surface area contributed by atoms with E-state index in [2.05, 4.69) is 30.7 Å². The highest BCUT2D eigenvalue weighted by Gasteiger charge is 2.22. The number of nitrogens with zero attached hydrogens (tertiary/aromatic N) is 2. The Morgan fingerprint density at radius 2 is 1.62 bits per heavy atom. The summed E-state index contributed by atoms with van der Waals surface area (Å²) in [4.78, 5) is 28.4. The van der Waals surface area contributed by atoms with Crippen molar-refractivity contribution in [1.82, 2.24) is 14.8 Å². The fraction of sp³-hybridized carbons (Fsp3) is 0.357. The van der Waals surface area contributed by atoms with Gasteiger partial charge in [0.1, 0.15) is 11.5 Å². The van der Waals surface area contributed by atoms with E-state index in [1.807, 2.05) is 30.5 Å². The van der Waals surface area contributed by atoms with E-state index >= 15 is 0 Å². The highest BCUT2D eigenvalue weighted by atomic mass is 19.1. The molecule has 3 rings (SSSR count). The van der Waals surface area contributed by atoms with E-state index in [0.717, 1.165) is 48.7 Å². The first-order chi connectivity index (χ1) is 16.5. The molecule has 6 heteroatoms. The van der Waals surface area contributed by atoms with Crippen LogP contribution in [-0.2, 0) is 11.3 Å². The smallest absolute Gasteiger partial charge is 0.270 e. The van der Waals surface area contributed by atoms with Crippen LogP contribution in [-0.4, -0.2) is 34.4 Å². The average Bonchev–Trinajstić information content (AvgIpc) is 3.21. The van der Waals surface area contributed by atoms with Gasteiger partial charge >= 0.3 is 0 Å². The predicted octanol–water partition coefficient (Wildman–Crippen LogP) is 6.00. The average molecular weight is 464 g/mol. The van der Waals surface area contributed by atoms with Gasteiger partial charge < -0.3 is 14.8 Å². The molecule has 5 nitrogen and oxygen atoms in total. The topological polar surface area (TPSA) is 54.3 Å². The molecule has 34 heavy (non-hydrogen) atoms. The van der Waals surface area contributed by atoms with Crippen LogP contribution in [0.1, 0.15) is 62.4 Å². The Bertz CT molecular complexity index is 1160. The number of aryl methyl sites for hydroxylation is 1. The lowest BCUT2D eigenvalue weighted by Crippen LogP contribution is -2.39. The Balaban J connectivity index is 2.05. The SMILES string of the molecule is CCCCN(CCCC)C(=O)C(=Cc1cn(CC)c2ccccc12)NC(=O)c1ccccc1F. The molecule has 1 aromatic heterocycles. The van der Waals surface area contributed by atoms with Crippen LogP contribution in [0, 0.1) is 5.82 Å². The fourth-order valence-corrected chi connectivity index (χ4v) is 3.98. The molecule has 0 spiro atoms. The molecule has 0 saturated heterocycles. The summed E-state index contributed by atoms with van der Waals surface area (Å²) < 4.78 is 16.4. The normalized spacial score (nSPS) is 11.6. The van der Waals surface area contributed by atoms with Crippen LogP contribution in [0.5, 0.6) is 0 Å². The van der Waals surface area contributed by atoms with Crippen molar-refractivity contribution in [2.45, 2.75) is 53.0 Å². The van der Waals surface area contributed by atoms with Crippen molar-refractivity contribution in [1.29, 1.82) is 0 Å². The molecule has 0 aliphatic heterocycles. The number of amides is 2. The largest absolute Gasteiger partial charge is 0.347 e. The summed E-state index contributed by atoms with van der Waals surface area (Å²) in [5, 5.41) is 3.72. The summed E-state index contributed by atoms with van der Waals surface area (Å²) in [7, 11) is 0. The third-order valence-corrected chi connectivity index (χ3v) is 5.91. The van der Waals surface area contributed by atoms with Crippen LogP contribution < -0.4 is 5.32 Å². The number of para-hydroxylation sites is 1. The molecule has 0 atom stereocenters. The van der Waals surface area contributed by atoms with Gasteiger partial charge in [-0.15, -0.1) is 0 Å². The van der Waals surface area contributed by atoms with Crippen molar-refractivity contribution in [2.24, 2.45) is 0 Å². The van der Waals surface area contributed by atoms with E-state index in [-0.39, 0.29) is 17.2 Å². The van der Waals surface area contributed by atoms with Gasteiger partial charge in [-0.3, -0.25) is 9.59 Å². The van der Waals surface area contributed by atoms with Crippen LogP contribution in [0.2, 0.25) is 0 Å². The van der Waals surface area contributed by atoms with Crippen LogP contribution in [0.15, 0.2) is 60.4 Å². The summed E-state index contributed by atoms with van der Waals surface area (Å²) in [6.07, 6.45) is 7.37. The van der Waals surface area contributed by atoms with Gasteiger partial charge in [0, 0.05) is 42.3 Å². The monoisotopic (exact) mass is 463 g/mol. The molecular formula is C28H34FN3O2. The Morgan fingerprint density at radius 3 is 2.26 bits per heavy atom. The van der Waals surface area contributed by atoms with E-state index in [9.17, 15) is 14.0 Å². The van der Waals surface area contributed by atoms with E-state index in [4.69, 9.17) is 0 Å². The van der Waals surface area contributed by atoms with Gasteiger partial charge in [0.25, 0.3) is 11.8 Å². The lowest BCUT2D eigenvalue weighted by atomic mass is 10.1. The Morgan fingerprint density at radius 1 is 0.971 bits per heavy atom. The molecule has 180 valence electrons. The number of aromatic nitrogens is 1. The second kappa shape index (κ2) is 12.2. The third kappa shape index (κ3) is 5.93. The van der Waals surface area contributed by atoms with Crippen molar-refractivity contribution in [3.05, 3.63) is 77.4 Å². The molecule has 2 amide bonds. The number of carbonyl (C=O) groups excluding carboxylic acids is 2. The number of rotatable bonds is 11. The van der Waals surface area contributed by atoms with Crippen molar-refractivity contribution < 1.29 is 14.0 Å². The van der Waals surface area contributed by atoms with Gasteiger partial charge in [-0.2, -0.15) is 0 Å². The van der Waals surface area contributed by atoms with E-state index < -0.39 is 11.7 Å². The molecule has 2 aromatic carbocycles. The second-order valence-electron chi connectivity index (χ2n) is 8.38.